The molecule has 0 aliphatic carbocycles. The molecule has 0 atom stereocenters. The summed E-state index contributed by atoms with van der Waals surface area (Å²) in [5, 5.41) is 11.2. The molecular formula is C9H6N3O. The van der Waals surface area contributed by atoms with Crippen molar-refractivity contribution in [3.8, 4) is 11.4 Å². The van der Waals surface area contributed by atoms with Crippen LogP contribution in [0.2, 0.25) is 0 Å². The molecular weight excluding hydrogens is 166 g/mol. The molecule has 0 unspecified atom stereocenters. The summed E-state index contributed by atoms with van der Waals surface area (Å²) >= 11 is 0. The Morgan fingerprint density at radius 1 is 1.31 bits per heavy atom. The van der Waals surface area contributed by atoms with Crippen molar-refractivity contribution in [1.82, 2.24) is 9.97 Å². The third-order valence-electron chi connectivity index (χ3n) is 1.58. The highest BCUT2D eigenvalue weighted by Gasteiger charge is 2.07. The molecule has 13 heavy (non-hydrogen) atoms. The molecule has 4 heteroatoms. The molecule has 0 spiro atoms. The Morgan fingerprint density at radius 3 is 2.92 bits per heavy atom. The third-order valence-corrected chi connectivity index (χ3v) is 1.58. The Morgan fingerprint density at radius 2 is 2.23 bits per heavy atom. The first-order valence-electron chi connectivity index (χ1n) is 3.75. The van der Waals surface area contributed by atoms with Crippen molar-refractivity contribution >= 4 is 0 Å². The number of aromatic nitrogens is 3. The van der Waals surface area contributed by atoms with Crippen molar-refractivity contribution in [1.29, 1.82) is 0 Å². The number of nitrogens with zero attached hydrogens (tertiary/aromatic N) is 3. The Hall–Kier alpha value is -1.97. The van der Waals surface area contributed by atoms with Gasteiger partial charge in [-0.3, -0.25) is 4.98 Å². The highest BCUT2D eigenvalue weighted by atomic mass is 16.5. The van der Waals surface area contributed by atoms with Crippen molar-refractivity contribution in [2.45, 2.75) is 0 Å². The van der Waals surface area contributed by atoms with E-state index in [9.17, 15) is 5.21 Å². The van der Waals surface area contributed by atoms with E-state index in [1.54, 1.807) is 18.2 Å². The quantitative estimate of drug-likeness (QED) is 0.467. The molecule has 0 saturated heterocycles. The third kappa shape index (κ3) is 1.46. The number of pyridine rings is 1. The number of hydrogen-bond acceptors (Lipinski definition) is 3. The lowest BCUT2D eigenvalue weighted by Crippen LogP contribution is -2.28. The van der Waals surface area contributed by atoms with E-state index in [-0.39, 0.29) is 0 Å². The van der Waals surface area contributed by atoms with Gasteiger partial charge in [0.2, 0.25) is 5.69 Å². The van der Waals surface area contributed by atoms with Gasteiger partial charge in [0.1, 0.15) is 6.20 Å². The minimum atomic E-state index is 0.454. The average molecular weight is 172 g/mol. The molecule has 0 saturated carbocycles. The molecule has 0 aliphatic rings. The van der Waals surface area contributed by atoms with Crippen molar-refractivity contribution in [2.75, 3.05) is 0 Å². The minimum absolute atomic E-state index is 0.454. The van der Waals surface area contributed by atoms with E-state index < -0.39 is 0 Å². The normalized spacial score (nSPS) is 9.85. The van der Waals surface area contributed by atoms with Gasteiger partial charge in [-0.05, 0) is 6.07 Å². The van der Waals surface area contributed by atoms with E-state index in [0.29, 0.717) is 11.4 Å². The minimum Gasteiger partial charge on any atom is -0.618 e. The molecule has 0 aromatic carbocycles. The zero-order valence-corrected chi connectivity index (χ0v) is 6.71. The van der Waals surface area contributed by atoms with Gasteiger partial charge >= 0.3 is 0 Å². The van der Waals surface area contributed by atoms with E-state index >= 15 is 0 Å². The van der Waals surface area contributed by atoms with Gasteiger partial charge in [-0.1, -0.05) is 0 Å². The second-order valence-corrected chi connectivity index (χ2v) is 2.43. The Balaban J connectivity index is 2.54. The van der Waals surface area contributed by atoms with Crippen LogP contribution in [-0.2, 0) is 0 Å². The van der Waals surface area contributed by atoms with Gasteiger partial charge in [0.15, 0.2) is 11.9 Å². The summed E-state index contributed by atoms with van der Waals surface area (Å²) < 4.78 is 0.737. The van der Waals surface area contributed by atoms with Crippen LogP contribution in [-0.4, -0.2) is 9.97 Å². The summed E-state index contributed by atoms with van der Waals surface area (Å²) in [7, 11) is 0. The molecule has 2 aromatic heterocycles. The Kier molecular flexibility index (Phi) is 1.88. The van der Waals surface area contributed by atoms with Crippen LogP contribution in [0, 0.1) is 11.4 Å². The van der Waals surface area contributed by atoms with Crippen LogP contribution in [0.25, 0.3) is 11.4 Å². The first-order chi connectivity index (χ1) is 6.38. The fourth-order valence-electron chi connectivity index (χ4n) is 1.00. The monoisotopic (exact) mass is 172 g/mol. The predicted octanol–water partition coefficient (Wildman–Crippen LogP) is 0.577. The van der Waals surface area contributed by atoms with Gasteiger partial charge in [-0.25, -0.2) is 4.98 Å². The van der Waals surface area contributed by atoms with Crippen molar-refractivity contribution in [3.63, 3.8) is 0 Å². The summed E-state index contributed by atoms with van der Waals surface area (Å²) in [6.07, 6.45) is 7.10. The molecule has 63 valence electrons. The van der Waals surface area contributed by atoms with E-state index in [4.69, 9.17) is 0 Å². The van der Waals surface area contributed by atoms with E-state index in [1.807, 2.05) is 0 Å². The molecule has 0 fully saturated rings. The van der Waals surface area contributed by atoms with Gasteiger partial charge in [0.25, 0.3) is 0 Å². The molecule has 0 amide bonds. The maximum absolute atomic E-state index is 11.2. The SMILES string of the molecule is [O-][n+]1ccccc1-c1[c]nccn1. The van der Waals surface area contributed by atoms with Gasteiger partial charge in [-0.15, -0.1) is 0 Å². The summed E-state index contributed by atoms with van der Waals surface area (Å²) in [4.78, 5) is 7.73. The molecule has 2 rings (SSSR count). The average Bonchev–Trinajstić information content (AvgIpc) is 2.20. The number of hydrogen-bond donors (Lipinski definition) is 0. The first kappa shape index (κ1) is 7.67. The summed E-state index contributed by atoms with van der Waals surface area (Å²) in [6, 6.07) is 5.10. The molecule has 2 heterocycles. The molecule has 0 aliphatic heterocycles. The highest BCUT2D eigenvalue weighted by Crippen LogP contribution is 2.07. The summed E-state index contributed by atoms with van der Waals surface area (Å²) in [5.74, 6) is 0. The van der Waals surface area contributed by atoms with E-state index in [0.717, 1.165) is 4.73 Å². The van der Waals surface area contributed by atoms with Crippen LogP contribution in [0.3, 0.4) is 0 Å². The van der Waals surface area contributed by atoms with Crippen LogP contribution < -0.4 is 4.73 Å². The predicted molar refractivity (Wildman–Crippen MR) is 45.3 cm³/mol. The Bertz CT molecular complexity index is 403. The topological polar surface area (TPSA) is 52.7 Å². The smallest absolute Gasteiger partial charge is 0.244 e. The maximum Gasteiger partial charge on any atom is 0.244 e. The second kappa shape index (κ2) is 3.18. The zero-order chi connectivity index (χ0) is 9.10. The fraction of sp³-hybridized carbons (Fsp3) is 0. The van der Waals surface area contributed by atoms with Crippen LogP contribution in [0.15, 0.2) is 36.8 Å². The fourth-order valence-corrected chi connectivity index (χ4v) is 1.00. The van der Waals surface area contributed by atoms with Crippen molar-refractivity contribution in [2.24, 2.45) is 0 Å². The molecule has 2 aromatic rings. The second-order valence-electron chi connectivity index (χ2n) is 2.43. The number of rotatable bonds is 1. The first-order valence-corrected chi connectivity index (χ1v) is 3.75. The Labute approximate surface area is 75.1 Å². The lowest BCUT2D eigenvalue weighted by molar-refractivity contribution is -0.593. The summed E-state index contributed by atoms with van der Waals surface area (Å²) in [5.41, 5.74) is 0.911. The van der Waals surface area contributed by atoms with Crippen molar-refractivity contribution < 1.29 is 4.73 Å². The lowest BCUT2D eigenvalue weighted by atomic mass is 10.3. The zero-order valence-electron chi connectivity index (χ0n) is 6.71. The maximum atomic E-state index is 11.2. The molecule has 0 N–H and O–H groups in total. The largest absolute Gasteiger partial charge is 0.618 e. The van der Waals surface area contributed by atoms with Gasteiger partial charge in [0.05, 0.1) is 0 Å². The van der Waals surface area contributed by atoms with Gasteiger partial charge in [-0.2, -0.15) is 4.73 Å². The summed E-state index contributed by atoms with van der Waals surface area (Å²) in [6.45, 7) is 0. The highest BCUT2D eigenvalue weighted by molar-refractivity contribution is 5.47. The van der Waals surface area contributed by atoms with Crippen molar-refractivity contribution in [3.05, 3.63) is 48.2 Å². The standard InChI is InChI=1S/C9H6N3O/c13-12-6-2-1-3-9(12)8-7-10-4-5-11-8/h1-6H. The molecule has 4 nitrogen and oxygen atoms in total. The van der Waals surface area contributed by atoms with Gasteiger partial charge in [0, 0.05) is 24.5 Å². The van der Waals surface area contributed by atoms with Crippen LogP contribution in [0.4, 0.5) is 0 Å². The molecule has 0 bridgehead atoms. The van der Waals surface area contributed by atoms with Crippen LogP contribution >= 0.6 is 0 Å². The van der Waals surface area contributed by atoms with Crippen LogP contribution in [0.1, 0.15) is 0 Å². The molecule has 1 radical (unpaired) electrons. The van der Waals surface area contributed by atoms with Crippen LogP contribution in [0.5, 0.6) is 0 Å². The van der Waals surface area contributed by atoms with E-state index in [1.165, 1.54) is 18.6 Å². The van der Waals surface area contributed by atoms with E-state index in [2.05, 4.69) is 16.2 Å². The lowest BCUT2D eigenvalue weighted by Gasteiger charge is -2.00. The van der Waals surface area contributed by atoms with Gasteiger partial charge < -0.3 is 5.21 Å².